The summed E-state index contributed by atoms with van der Waals surface area (Å²) in [5.74, 6) is -0.225. The maximum atomic E-state index is 12.9. The number of hydrogen-bond donors (Lipinski definition) is 0. The highest BCUT2D eigenvalue weighted by Gasteiger charge is 2.44. The number of carbonyl (C=O) groups excluding carboxylic acids is 3. The Morgan fingerprint density at radius 2 is 1.79 bits per heavy atom. The highest BCUT2D eigenvalue weighted by Crippen LogP contribution is 2.30. The largest absolute Gasteiger partial charge is 0.378 e. The molecule has 3 amide bonds. The first-order valence-corrected chi connectivity index (χ1v) is 10.2. The summed E-state index contributed by atoms with van der Waals surface area (Å²) in [5, 5.41) is 0.490. The number of imide groups is 1. The standard InChI is InChI=1S/C20H24ClN3O4/c21-15-2-1-3-16(12-15)24-18(25)13-17(20(24)27)22-6-4-14(5-7-22)19(26)23-8-10-28-11-9-23/h1-3,12,14,17H,4-11,13H2. The predicted molar refractivity (Wildman–Crippen MR) is 104 cm³/mol. The zero-order valence-corrected chi connectivity index (χ0v) is 16.4. The van der Waals surface area contributed by atoms with Gasteiger partial charge >= 0.3 is 0 Å². The van der Waals surface area contributed by atoms with Gasteiger partial charge in [0.25, 0.3) is 5.91 Å². The van der Waals surface area contributed by atoms with E-state index in [2.05, 4.69) is 0 Å². The maximum Gasteiger partial charge on any atom is 0.251 e. The van der Waals surface area contributed by atoms with Crippen molar-refractivity contribution in [3.8, 4) is 0 Å². The Balaban J connectivity index is 1.38. The van der Waals surface area contributed by atoms with Gasteiger partial charge < -0.3 is 9.64 Å². The van der Waals surface area contributed by atoms with E-state index < -0.39 is 6.04 Å². The Bertz CT molecular complexity index is 772. The van der Waals surface area contributed by atoms with Crippen molar-refractivity contribution < 1.29 is 19.1 Å². The van der Waals surface area contributed by atoms with E-state index in [1.807, 2.05) is 9.80 Å². The summed E-state index contributed by atoms with van der Waals surface area (Å²) < 4.78 is 5.31. The smallest absolute Gasteiger partial charge is 0.251 e. The van der Waals surface area contributed by atoms with Crippen LogP contribution in [0.25, 0.3) is 0 Å². The molecule has 1 aromatic rings. The van der Waals surface area contributed by atoms with E-state index in [0.717, 1.165) is 0 Å². The van der Waals surface area contributed by atoms with Crippen LogP contribution in [-0.2, 0) is 19.1 Å². The summed E-state index contributed by atoms with van der Waals surface area (Å²) in [6, 6.07) is 6.34. The number of anilines is 1. The van der Waals surface area contributed by atoms with Crippen LogP contribution in [0.15, 0.2) is 24.3 Å². The Labute approximate surface area is 169 Å². The Kier molecular flexibility index (Phi) is 5.66. The number of carbonyl (C=O) groups is 3. The van der Waals surface area contributed by atoms with Crippen molar-refractivity contribution in [2.75, 3.05) is 44.3 Å². The molecule has 1 atom stereocenters. The molecule has 7 nitrogen and oxygen atoms in total. The first kappa shape index (κ1) is 19.4. The molecule has 3 aliphatic rings. The second-order valence-corrected chi connectivity index (χ2v) is 7.95. The van der Waals surface area contributed by atoms with Crippen LogP contribution in [0, 0.1) is 5.92 Å². The molecule has 28 heavy (non-hydrogen) atoms. The van der Waals surface area contributed by atoms with E-state index in [9.17, 15) is 14.4 Å². The summed E-state index contributed by atoms with van der Waals surface area (Å²) >= 11 is 6.01. The van der Waals surface area contributed by atoms with E-state index in [1.54, 1.807) is 24.3 Å². The van der Waals surface area contributed by atoms with E-state index in [0.29, 0.717) is 62.9 Å². The third-order valence-electron chi connectivity index (χ3n) is 5.83. The van der Waals surface area contributed by atoms with Gasteiger partial charge in [0.05, 0.1) is 31.4 Å². The fourth-order valence-corrected chi connectivity index (χ4v) is 4.47. The van der Waals surface area contributed by atoms with Crippen LogP contribution in [0.1, 0.15) is 19.3 Å². The van der Waals surface area contributed by atoms with Gasteiger partial charge in [0.1, 0.15) is 0 Å². The van der Waals surface area contributed by atoms with Gasteiger partial charge in [-0.15, -0.1) is 0 Å². The molecule has 4 rings (SSSR count). The summed E-state index contributed by atoms with van der Waals surface area (Å²) in [5.41, 5.74) is 0.516. The molecule has 3 heterocycles. The van der Waals surface area contributed by atoms with Crippen LogP contribution in [0.3, 0.4) is 0 Å². The molecule has 1 unspecified atom stereocenters. The number of ether oxygens (including phenoxy) is 1. The number of rotatable bonds is 3. The molecule has 0 aliphatic carbocycles. The molecule has 0 spiro atoms. The Hall–Kier alpha value is -1.96. The second-order valence-electron chi connectivity index (χ2n) is 7.52. The lowest BCUT2D eigenvalue weighted by Crippen LogP contribution is -2.50. The van der Waals surface area contributed by atoms with Gasteiger partial charge in [-0.2, -0.15) is 0 Å². The van der Waals surface area contributed by atoms with Gasteiger partial charge in [-0.3, -0.25) is 19.3 Å². The number of halogens is 1. The highest BCUT2D eigenvalue weighted by molar-refractivity contribution is 6.31. The fourth-order valence-electron chi connectivity index (χ4n) is 4.29. The maximum absolute atomic E-state index is 12.9. The minimum absolute atomic E-state index is 0.00871. The molecule has 3 aliphatic heterocycles. The van der Waals surface area contributed by atoms with E-state index in [-0.39, 0.29) is 30.1 Å². The lowest BCUT2D eigenvalue weighted by Gasteiger charge is -2.37. The molecule has 0 N–H and O–H groups in total. The molecule has 3 fully saturated rings. The quantitative estimate of drug-likeness (QED) is 0.713. The first-order valence-electron chi connectivity index (χ1n) is 9.77. The van der Waals surface area contributed by atoms with Gasteiger partial charge in [0.15, 0.2) is 0 Å². The summed E-state index contributed by atoms with van der Waals surface area (Å²) in [6.45, 7) is 3.80. The molecule has 0 saturated carbocycles. The molecular formula is C20H24ClN3O4. The van der Waals surface area contributed by atoms with Gasteiger partial charge in [-0.25, -0.2) is 4.90 Å². The van der Waals surface area contributed by atoms with Crippen molar-refractivity contribution >= 4 is 35.0 Å². The van der Waals surface area contributed by atoms with E-state index >= 15 is 0 Å². The summed E-state index contributed by atoms with van der Waals surface area (Å²) in [6.07, 6.45) is 1.60. The Morgan fingerprint density at radius 1 is 1.07 bits per heavy atom. The molecule has 0 radical (unpaired) electrons. The van der Waals surface area contributed by atoms with Crippen LogP contribution in [0.4, 0.5) is 5.69 Å². The third kappa shape index (κ3) is 3.79. The zero-order valence-electron chi connectivity index (χ0n) is 15.7. The summed E-state index contributed by atoms with van der Waals surface area (Å²) in [7, 11) is 0. The molecule has 8 heteroatoms. The molecular weight excluding hydrogens is 382 g/mol. The van der Waals surface area contributed by atoms with Gasteiger partial charge in [0, 0.05) is 24.0 Å². The zero-order chi connectivity index (χ0) is 19.7. The molecule has 150 valence electrons. The molecule has 1 aromatic carbocycles. The van der Waals surface area contributed by atoms with Crippen molar-refractivity contribution in [3.63, 3.8) is 0 Å². The number of nitrogens with zero attached hydrogens (tertiary/aromatic N) is 3. The summed E-state index contributed by atoms with van der Waals surface area (Å²) in [4.78, 5) is 43.3. The highest BCUT2D eigenvalue weighted by atomic mass is 35.5. The van der Waals surface area contributed by atoms with Gasteiger partial charge in [-0.1, -0.05) is 17.7 Å². The number of amides is 3. The van der Waals surface area contributed by atoms with Crippen LogP contribution in [0.2, 0.25) is 5.02 Å². The number of piperidine rings is 1. The number of hydrogen-bond acceptors (Lipinski definition) is 5. The average molecular weight is 406 g/mol. The van der Waals surface area contributed by atoms with Crippen molar-refractivity contribution in [3.05, 3.63) is 29.3 Å². The topological polar surface area (TPSA) is 70.2 Å². The van der Waals surface area contributed by atoms with Crippen LogP contribution >= 0.6 is 11.6 Å². The second kappa shape index (κ2) is 8.19. The van der Waals surface area contributed by atoms with Gasteiger partial charge in [0.2, 0.25) is 11.8 Å². The first-order chi connectivity index (χ1) is 13.5. The van der Waals surface area contributed by atoms with Crippen LogP contribution in [-0.4, -0.2) is 73.0 Å². The van der Waals surface area contributed by atoms with Crippen LogP contribution in [0.5, 0.6) is 0 Å². The monoisotopic (exact) mass is 405 g/mol. The Morgan fingerprint density at radius 3 is 2.46 bits per heavy atom. The minimum Gasteiger partial charge on any atom is -0.378 e. The molecule has 0 aromatic heterocycles. The fraction of sp³-hybridized carbons (Fsp3) is 0.550. The van der Waals surface area contributed by atoms with Crippen molar-refractivity contribution in [1.82, 2.24) is 9.80 Å². The van der Waals surface area contributed by atoms with E-state index in [4.69, 9.17) is 16.3 Å². The number of benzene rings is 1. The third-order valence-corrected chi connectivity index (χ3v) is 6.07. The van der Waals surface area contributed by atoms with Gasteiger partial charge in [-0.05, 0) is 44.1 Å². The number of morpholine rings is 1. The lowest BCUT2D eigenvalue weighted by molar-refractivity contribution is -0.141. The van der Waals surface area contributed by atoms with Crippen molar-refractivity contribution in [1.29, 1.82) is 0 Å². The minimum atomic E-state index is -0.453. The lowest BCUT2D eigenvalue weighted by atomic mass is 9.94. The SMILES string of the molecule is O=C(C1CCN(C2CC(=O)N(c3cccc(Cl)c3)C2=O)CC1)N1CCOCC1. The molecule has 0 bridgehead atoms. The van der Waals surface area contributed by atoms with Crippen LogP contribution < -0.4 is 4.90 Å². The average Bonchev–Trinajstić information content (AvgIpc) is 3.02. The predicted octanol–water partition coefficient (Wildman–Crippen LogP) is 1.54. The molecule has 3 saturated heterocycles. The van der Waals surface area contributed by atoms with Crippen molar-refractivity contribution in [2.24, 2.45) is 5.92 Å². The van der Waals surface area contributed by atoms with E-state index in [1.165, 1.54) is 4.90 Å². The number of likely N-dealkylation sites (tertiary alicyclic amines) is 1. The van der Waals surface area contributed by atoms with Crippen molar-refractivity contribution in [2.45, 2.75) is 25.3 Å². The normalized spacial score (nSPS) is 24.8.